The van der Waals surface area contributed by atoms with Gasteiger partial charge in [-0.15, -0.1) is 0 Å². The van der Waals surface area contributed by atoms with E-state index >= 15 is 0 Å². The number of hydrogen-bond acceptors (Lipinski definition) is 3. The number of carbonyl (C=O) groups excluding carboxylic acids is 1. The highest BCUT2D eigenvalue weighted by Crippen LogP contribution is 2.24. The lowest BCUT2D eigenvalue weighted by Crippen LogP contribution is -2.36. The van der Waals surface area contributed by atoms with Crippen LogP contribution in [0.3, 0.4) is 0 Å². The Labute approximate surface area is 138 Å². The monoisotopic (exact) mass is 339 g/mol. The molecule has 116 valence electrons. The molecule has 0 fully saturated rings. The van der Waals surface area contributed by atoms with E-state index in [1.165, 1.54) is 0 Å². The van der Waals surface area contributed by atoms with Gasteiger partial charge in [-0.2, -0.15) is 5.10 Å². The Morgan fingerprint density at radius 2 is 2.09 bits per heavy atom. The molecule has 0 bridgehead atoms. The van der Waals surface area contributed by atoms with Crippen molar-refractivity contribution in [1.29, 1.82) is 0 Å². The molecule has 0 saturated heterocycles. The van der Waals surface area contributed by atoms with Crippen LogP contribution in [-0.2, 0) is 17.8 Å². The molecule has 0 radical (unpaired) electrons. The van der Waals surface area contributed by atoms with E-state index in [0.717, 1.165) is 17.7 Å². The van der Waals surface area contributed by atoms with E-state index in [2.05, 4.69) is 10.2 Å². The predicted octanol–water partition coefficient (Wildman–Crippen LogP) is 3.07. The van der Waals surface area contributed by atoms with Crippen LogP contribution in [0.15, 0.2) is 24.4 Å². The highest BCUT2D eigenvalue weighted by Gasteiger charge is 2.21. The van der Waals surface area contributed by atoms with E-state index in [9.17, 15) is 4.79 Å². The second-order valence-electron chi connectivity index (χ2n) is 5.14. The zero-order chi connectivity index (χ0) is 15.5. The van der Waals surface area contributed by atoms with Crippen molar-refractivity contribution in [3.63, 3.8) is 0 Å². The quantitative estimate of drug-likeness (QED) is 0.931. The summed E-state index contributed by atoms with van der Waals surface area (Å²) in [4.78, 5) is 14.0. The summed E-state index contributed by atoms with van der Waals surface area (Å²) >= 11 is 11.8. The van der Waals surface area contributed by atoms with Crippen molar-refractivity contribution < 1.29 is 9.53 Å². The molecule has 0 saturated carbocycles. The highest BCUT2D eigenvalue weighted by molar-refractivity contribution is 6.34. The molecular formula is C15H15Cl2N3O2. The third-order valence-corrected chi connectivity index (χ3v) is 4.01. The molecule has 1 amide bonds. The molecule has 2 aromatic rings. The number of H-pyrrole nitrogens is 1. The number of benzene rings is 1. The van der Waals surface area contributed by atoms with Crippen LogP contribution in [0.4, 0.5) is 0 Å². The van der Waals surface area contributed by atoms with Gasteiger partial charge in [0.1, 0.15) is 5.75 Å². The van der Waals surface area contributed by atoms with Crippen molar-refractivity contribution in [3.05, 3.63) is 45.7 Å². The molecule has 1 aromatic heterocycles. The normalized spacial score (nSPS) is 13.8. The minimum absolute atomic E-state index is 0.0694. The zero-order valence-electron chi connectivity index (χ0n) is 11.8. The van der Waals surface area contributed by atoms with Crippen LogP contribution in [0.5, 0.6) is 5.75 Å². The lowest BCUT2D eigenvalue weighted by atomic mass is 10.1. The molecule has 22 heavy (non-hydrogen) atoms. The number of aromatic amines is 1. The summed E-state index contributed by atoms with van der Waals surface area (Å²) in [6.07, 6.45) is 2.91. The van der Waals surface area contributed by atoms with Crippen LogP contribution in [0, 0.1) is 0 Å². The van der Waals surface area contributed by atoms with Crippen LogP contribution in [-0.4, -0.2) is 34.2 Å². The number of fused-ring (bicyclic) bond motifs is 1. The summed E-state index contributed by atoms with van der Waals surface area (Å²) in [5.74, 6) is 0.640. The van der Waals surface area contributed by atoms with Crippen molar-refractivity contribution in [1.82, 2.24) is 15.1 Å². The average Bonchev–Trinajstić information content (AvgIpc) is 2.93. The van der Waals surface area contributed by atoms with Gasteiger partial charge in [0.05, 0.1) is 19.2 Å². The first-order valence-electron chi connectivity index (χ1n) is 6.99. The molecule has 0 aliphatic carbocycles. The predicted molar refractivity (Wildman–Crippen MR) is 84.3 cm³/mol. The van der Waals surface area contributed by atoms with Gasteiger partial charge >= 0.3 is 0 Å². The number of carbonyl (C=O) groups is 1. The fourth-order valence-electron chi connectivity index (χ4n) is 2.46. The second-order valence-corrected chi connectivity index (χ2v) is 6.02. The number of halogens is 2. The van der Waals surface area contributed by atoms with E-state index in [0.29, 0.717) is 41.9 Å². The number of ether oxygens (including phenoxy) is 1. The number of amides is 1. The Balaban J connectivity index is 1.51. The summed E-state index contributed by atoms with van der Waals surface area (Å²) in [5.41, 5.74) is 2.20. The molecular weight excluding hydrogens is 325 g/mol. The van der Waals surface area contributed by atoms with Crippen LogP contribution in [0.1, 0.15) is 17.7 Å². The Morgan fingerprint density at radius 1 is 1.32 bits per heavy atom. The summed E-state index contributed by atoms with van der Waals surface area (Å²) in [7, 11) is 0. The number of nitrogens with zero attached hydrogens (tertiary/aromatic N) is 2. The van der Waals surface area contributed by atoms with Gasteiger partial charge in [-0.3, -0.25) is 9.89 Å². The number of rotatable bonds is 4. The van der Waals surface area contributed by atoms with Gasteiger partial charge in [0.15, 0.2) is 0 Å². The number of nitrogens with one attached hydrogen (secondary N) is 1. The van der Waals surface area contributed by atoms with E-state index in [4.69, 9.17) is 27.9 Å². The molecule has 1 aliphatic heterocycles. The van der Waals surface area contributed by atoms with E-state index in [1.54, 1.807) is 24.4 Å². The Kier molecular flexibility index (Phi) is 4.55. The maximum atomic E-state index is 12.2. The van der Waals surface area contributed by atoms with Crippen molar-refractivity contribution in [2.24, 2.45) is 0 Å². The third kappa shape index (κ3) is 3.54. The number of aromatic nitrogens is 2. The van der Waals surface area contributed by atoms with Gasteiger partial charge in [-0.1, -0.05) is 23.2 Å². The first-order chi connectivity index (χ1) is 10.6. The van der Waals surface area contributed by atoms with Crippen LogP contribution >= 0.6 is 23.2 Å². The lowest BCUT2D eigenvalue weighted by Gasteiger charge is -2.26. The summed E-state index contributed by atoms with van der Waals surface area (Å²) < 4.78 is 5.55. The van der Waals surface area contributed by atoms with Gasteiger partial charge in [0.25, 0.3) is 0 Å². The molecule has 1 aromatic carbocycles. The fourth-order valence-corrected chi connectivity index (χ4v) is 2.97. The molecule has 0 unspecified atom stereocenters. The first kappa shape index (κ1) is 15.2. The molecule has 5 nitrogen and oxygen atoms in total. The van der Waals surface area contributed by atoms with Crippen LogP contribution in [0.25, 0.3) is 0 Å². The fraction of sp³-hybridized carbons (Fsp3) is 0.333. The molecule has 0 atom stereocenters. The van der Waals surface area contributed by atoms with Crippen molar-refractivity contribution in [3.8, 4) is 5.75 Å². The maximum Gasteiger partial charge on any atom is 0.226 e. The van der Waals surface area contributed by atoms with Crippen LogP contribution in [0.2, 0.25) is 10.0 Å². The van der Waals surface area contributed by atoms with Crippen molar-refractivity contribution >= 4 is 29.1 Å². The second kappa shape index (κ2) is 6.58. The lowest BCUT2D eigenvalue weighted by molar-refractivity contribution is -0.132. The van der Waals surface area contributed by atoms with Crippen molar-refractivity contribution in [2.75, 3.05) is 13.2 Å². The van der Waals surface area contributed by atoms with Gasteiger partial charge < -0.3 is 9.64 Å². The van der Waals surface area contributed by atoms with Crippen molar-refractivity contribution in [2.45, 2.75) is 19.4 Å². The SMILES string of the molecule is O=C(CCOc1cc(Cl)cc(Cl)c1)N1CCc2[nH]ncc2C1. The molecule has 3 rings (SSSR count). The van der Waals surface area contributed by atoms with E-state index in [1.807, 2.05) is 4.90 Å². The minimum Gasteiger partial charge on any atom is -0.493 e. The third-order valence-electron chi connectivity index (χ3n) is 3.57. The van der Waals surface area contributed by atoms with Gasteiger partial charge in [-0.25, -0.2) is 0 Å². The molecule has 7 heteroatoms. The summed E-state index contributed by atoms with van der Waals surface area (Å²) in [5, 5.41) is 7.98. The maximum absolute atomic E-state index is 12.2. The zero-order valence-corrected chi connectivity index (χ0v) is 13.3. The average molecular weight is 340 g/mol. The Morgan fingerprint density at radius 3 is 2.86 bits per heavy atom. The molecule has 1 aliphatic rings. The summed E-state index contributed by atoms with van der Waals surface area (Å²) in [6, 6.07) is 4.99. The van der Waals surface area contributed by atoms with Gasteiger partial charge in [0, 0.05) is 40.8 Å². The first-order valence-corrected chi connectivity index (χ1v) is 7.75. The Hall–Kier alpha value is -1.72. The van der Waals surface area contributed by atoms with E-state index in [-0.39, 0.29) is 5.91 Å². The topological polar surface area (TPSA) is 58.2 Å². The summed E-state index contributed by atoms with van der Waals surface area (Å²) in [6.45, 7) is 1.61. The molecule has 0 spiro atoms. The van der Waals surface area contributed by atoms with Gasteiger partial charge in [0.2, 0.25) is 5.91 Å². The molecule has 1 N–H and O–H groups in total. The largest absolute Gasteiger partial charge is 0.493 e. The standard InChI is InChI=1S/C15H15Cl2N3O2/c16-11-5-12(17)7-13(6-11)22-4-2-15(21)20-3-1-14-10(9-20)8-18-19-14/h5-8H,1-4,9H2,(H,18,19). The van der Waals surface area contributed by atoms with Gasteiger partial charge in [-0.05, 0) is 18.2 Å². The van der Waals surface area contributed by atoms with E-state index < -0.39 is 0 Å². The molecule has 2 heterocycles. The smallest absolute Gasteiger partial charge is 0.226 e. The minimum atomic E-state index is 0.0694. The van der Waals surface area contributed by atoms with Crippen LogP contribution < -0.4 is 4.74 Å². The highest BCUT2D eigenvalue weighted by atomic mass is 35.5. The Bertz CT molecular complexity index is 667. The number of hydrogen-bond donors (Lipinski definition) is 1.